The summed E-state index contributed by atoms with van der Waals surface area (Å²) >= 11 is 1.10. The molecule has 2 heterocycles. The third-order valence-corrected chi connectivity index (χ3v) is 6.51. The normalized spacial score (nSPS) is 15.0. The van der Waals surface area contributed by atoms with Gasteiger partial charge in [-0.1, -0.05) is 66.7 Å². The smallest absolute Gasteiger partial charge is 0.358 e. The lowest BCUT2D eigenvalue weighted by Gasteiger charge is -2.21. The van der Waals surface area contributed by atoms with E-state index in [1.807, 2.05) is 66.7 Å². The van der Waals surface area contributed by atoms with Crippen molar-refractivity contribution in [1.82, 2.24) is 9.99 Å². The van der Waals surface area contributed by atoms with E-state index in [1.165, 1.54) is 17.3 Å². The Kier molecular flexibility index (Phi) is 6.55. The second-order valence-corrected chi connectivity index (χ2v) is 9.13. The molecule has 0 saturated heterocycles. The Bertz CT molecular complexity index is 1480. The maximum Gasteiger partial charge on any atom is 0.358 e. The van der Waals surface area contributed by atoms with Crippen LogP contribution in [0.2, 0.25) is 0 Å². The summed E-state index contributed by atoms with van der Waals surface area (Å²) in [5.74, 6) is -1.48. The molecular formula is C27H22N4O4S. The topological polar surface area (TPSA) is 101 Å². The van der Waals surface area contributed by atoms with Crippen molar-refractivity contribution >= 4 is 50.7 Å². The molecule has 5 rings (SSSR count). The van der Waals surface area contributed by atoms with Crippen molar-refractivity contribution in [2.75, 3.05) is 11.9 Å². The van der Waals surface area contributed by atoms with Crippen molar-refractivity contribution < 1.29 is 19.1 Å². The number of hydrogen-bond acceptors (Lipinski definition) is 7. The number of hydrogen-bond donors (Lipinski definition) is 1. The monoisotopic (exact) mass is 498 g/mol. The fraction of sp³-hybridized carbons (Fsp3) is 0.148. The van der Waals surface area contributed by atoms with Gasteiger partial charge in [0.25, 0.3) is 5.91 Å². The zero-order valence-corrected chi connectivity index (χ0v) is 20.2. The predicted molar refractivity (Wildman–Crippen MR) is 138 cm³/mol. The molecule has 2 amide bonds. The Labute approximate surface area is 211 Å². The van der Waals surface area contributed by atoms with E-state index < -0.39 is 18.5 Å². The number of anilines is 1. The number of thiazole rings is 1. The van der Waals surface area contributed by atoms with E-state index in [9.17, 15) is 14.4 Å². The van der Waals surface area contributed by atoms with Gasteiger partial charge in [0, 0.05) is 18.7 Å². The molecule has 3 aromatic carbocycles. The third kappa shape index (κ3) is 5.01. The summed E-state index contributed by atoms with van der Waals surface area (Å²) in [6.45, 7) is 0.869. The van der Waals surface area contributed by atoms with Gasteiger partial charge in [0.1, 0.15) is 0 Å². The fourth-order valence-electron chi connectivity index (χ4n) is 4.06. The number of esters is 1. The maximum atomic E-state index is 13.2. The van der Waals surface area contributed by atoms with Gasteiger partial charge in [-0.25, -0.2) is 14.8 Å². The lowest BCUT2D eigenvalue weighted by atomic mass is 9.97. The molecule has 1 aliphatic rings. The number of rotatable bonds is 6. The van der Waals surface area contributed by atoms with E-state index in [2.05, 4.69) is 21.5 Å². The molecule has 0 saturated carbocycles. The predicted octanol–water partition coefficient (Wildman–Crippen LogP) is 4.79. The van der Waals surface area contributed by atoms with Gasteiger partial charge < -0.3 is 10.1 Å². The molecule has 1 aromatic heterocycles. The highest BCUT2D eigenvalue weighted by molar-refractivity contribution is 7.14. The Morgan fingerprint density at radius 1 is 1.03 bits per heavy atom. The summed E-state index contributed by atoms with van der Waals surface area (Å²) in [7, 11) is 0. The van der Waals surface area contributed by atoms with E-state index in [1.54, 1.807) is 0 Å². The van der Waals surface area contributed by atoms with Crippen LogP contribution in [0.5, 0.6) is 0 Å². The number of amides is 2. The molecular weight excluding hydrogens is 476 g/mol. The first-order valence-corrected chi connectivity index (χ1v) is 12.2. The van der Waals surface area contributed by atoms with Crippen LogP contribution in [0.1, 0.15) is 41.0 Å². The minimum Gasteiger partial charge on any atom is -0.451 e. The number of hydrazone groups is 1. The van der Waals surface area contributed by atoms with Crippen LogP contribution in [-0.2, 0) is 14.3 Å². The lowest BCUT2D eigenvalue weighted by molar-refractivity contribution is -0.136. The van der Waals surface area contributed by atoms with E-state index in [-0.39, 0.29) is 22.8 Å². The molecule has 0 spiro atoms. The number of nitrogens with zero attached hydrogens (tertiary/aromatic N) is 3. The summed E-state index contributed by atoms with van der Waals surface area (Å²) in [5, 5.41) is 12.5. The summed E-state index contributed by atoms with van der Waals surface area (Å²) in [6, 6.07) is 23.5. The molecule has 1 unspecified atom stereocenters. The molecule has 8 nitrogen and oxygen atoms in total. The molecule has 180 valence electrons. The lowest BCUT2D eigenvalue weighted by Crippen LogP contribution is -2.31. The van der Waals surface area contributed by atoms with E-state index in [0.717, 1.165) is 38.9 Å². The third-order valence-electron chi connectivity index (χ3n) is 5.76. The maximum absolute atomic E-state index is 13.2. The van der Waals surface area contributed by atoms with Crippen LogP contribution in [0, 0.1) is 0 Å². The van der Waals surface area contributed by atoms with Gasteiger partial charge >= 0.3 is 5.97 Å². The summed E-state index contributed by atoms with van der Waals surface area (Å²) < 4.78 is 5.24. The molecule has 36 heavy (non-hydrogen) atoms. The van der Waals surface area contributed by atoms with Gasteiger partial charge in [-0.15, -0.1) is 11.3 Å². The van der Waals surface area contributed by atoms with Crippen LogP contribution in [-0.4, -0.2) is 40.1 Å². The van der Waals surface area contributed by atoms with E-state index in [4.69, 9.17) is 4.74 Å². The van der Waals surface area contributed by atoms with E-state index >= 15 is 0 Å². The van der Waals surface area contributed by atoms with Crippen LogP contribution in [0.25, 0.3) is 10.8 Å². The number of nitrogens with one attached hydrogen (secondary N) is 1. The second-order valence-electron chi connectivity index (χ2n) is 8.27. The number of aromatic nitrogens is 1. The second kappa shape index (κ2) is 10.1. The van der Waals surface area contributed by atoms with Crippen molar-refractivity contribution in [2.24, 2.45) is 5.10 Å². The Morgan fingerprint density at radius 2 is 1.78 bits per heavy atom. The van der Waals surface area contributed by atoms with Crippen molar-refractivity contribution in [3.63, 3.8) is 0 Å². The first-order chi connectivity index (χ1) is 17.5. The first kappa shape index (κ1) is 23.4. The molecule has 1 N–H and O–H groups in total. The number of benzene rings is 3. The molecule has 0 radical (unpaired) electrons. The molecule has 1 atom stereocenters. The number of fused-ring (bicyclic) bond motifs is 1. The average Bonchev–Trinajstić information content (AvgIpc) is 3.55. The van der Waals surface area contributed by atoms with Crippen LogP contribution < -0.4 is 5.32 Å². The molecule has 0 fully saturated rings. The molecule has 9 heteroatoms. The van der Waals surface area contributed by atoms with Gasteiger partial charge in [-0.2, -0.15) is 5.10 Å². The molecule has 4 aromatic rings. The zero-order chi connectivity index (χ0) is 25.1. The molecule has 0 bridgehead atoms. The Balaban J connectivity index is 1.35. The van der Waals surface area contributed by atoms with Crippen molar-refractivity contribution in [1.29, 1.82) is 0 Å². The fourth-order valence-corrected chi connectivity index (χ4v) is 4.79. The van der Waals surface area contributed by atoms with Crippen LogP contribution in [0.3, 0.4) is 0 Å². The SMILES string of the molecule is CC(=O)Nc1nc(C(=O)OCC(=O)N2N=C(c3ccc4ccccc4c3)CC2c2ccccc2)cs1. The van der Waals surface area contributed by atoms with Gasteiger partial charge in [-0.05, 0) is 28.0 Å². The molecule has 0 aliphatic carbocycles. The summed E-state index contributed by atoms with van der Waals surface area (Å²) in [6.07, 6.45) is 0.536. The average molecular weight is 499 g/mol. The summed E-state index contributed by atoms with van der Waals surface area (Å²) in [5.41, 5.74) is 2.69. The van der Waals surface area contributed by atoms with Gasteiger partial charge in [0.2, 0.25) is 5.91 Å². The van der Waals surface area contributed by atoms with Crippen LogP contribution >= 0.6 is 11.3 Å². The first-order valence-electron chi connectivity index (χ1n) is 11.3. The molecule has 1 aliphatic heterocycles. The highest BCUT2D eigenvalue weighted by atomic mass is 32.1. The quantitative estimate of drug-likeness (QED) is 0.385. The van der Waals surface area contributed by atoms with Crippen molar-refractivity contribution in [3.8, 4) is 0 Å². The minimum atomic E-state index is -0.745. The van der Waals surface area contributed by atoms with Gasteiger partial charge in [0.05, 0.1) is 11.8 Å². The minimum absolute atomic E-state index is 0.0259. The number of carbonyl (C=O) groups excluding carboxylic acids is 3. The standard InChI is InChI=1S/C27H22N4O4S/c1-17(32)28-27-29-23(16-36-27)26(34)35-15-25(33)31-24(19-8-3-2-4-9-19)14-22(30-31)21-12-11-18-7-5-6-10-20(18)13-21/h2-13,16,24H,14-15H2,1H3,(H,28,29,32). The van der Waals surface area contributed by atoms with Crippen molar-refractivity contribution in [2.45, 2.75) is 19.4 Å². The van der Waals surface area contributed by atoms with Crippen molar-refractivity contribution in [3.05, 3.63) is 95.0 Å². The zero-order valence-electron chi connectivity index (χ0n) is 19.4. The Hall–Kier alpha value is -4.37. The van der Waals surface area contributed by atoms with Crippen LogP contribution in [0.4, 0.5) is 5.13 Å². The van der Waals surface area contributed by atoms with Gasteiger partial charge in [-0.3, -0.25) is 9.59 Å². The Morgan fingerprint density at radius 3 is 2.56 bits per heavy atom. The number of ether oxygens (including phenoxy) is 1. The largest absolute Gasteiger partial charge is 0.451 e. The highest BCUT2D eigenvalue weighted by Crippen LogP contribution is 2.33. The summed E-state index contributed by atoms with van der Waals surface area (Å²) in [4.78, 5) is 40.8. The highest BCUT2D eigenvalue weighted by Gasteiger charge is 2.33. The number of carbonyl (C=O) groups is 3. The van der Waals surface area contributed by atoms with Crippen LogP contribution in [0.15, 0.2) is 83.3 Å². The van der Waals surface area contributed by atoms with E-state index in [0.29, 0.717) is 6.42 Å². The van der Waals surface area contributed by atoms with Gasteiger partial charge in [0.15, 0.2) is 17.4 Å².